The van der Waals surface area contributed by atoms with Crippen LogP contribution in [0, 0.1) is 0 Å². The Morgan fingerprint density at radius 2 is 1.96 bits per heavy atom. The summed E-state index contributed by atoms with van der Waals surface area (Å²) >= 11 is 0. The molecule has 2 aromatic carbocycles. The van der Waals surface area contributed by atoms with Crippen LogP contribution in [0.2, 0.25) is 0 Å². The second kappa shape index (κ2) is 6.31. The third-order valence-corrected chi connectivity index (χ3v) is 3.40. The summed E-state index contributed by atoms with van der Waals surface area (Å²) in [6.45, 7) is 0. The molecule has 3 aromatic rings. The lowest BCUT2D eigenvalue weighted by molar-refractivity contribution is 0.0958. The molecule has 0 unspecified atom stereocenters. The molecule has 1 aromatic heterocycles. The van der Waals surface area contributed by atoms with E-state index in [4.69, 9.17) is 9.47 Å². The second-order valence-electron chi connectivity index (χ2n) is 4.77. The van der Waals surface area contributed by atoms with E-state index in [-0.39, 0.29) is 5.91 Å². The van der Waals surface area contributed by atoms with Crippen LogP contribution in [0.3, 0.4) is 0 Å². The molecule has 1 heterocycles. The Kier molecular flexibility index (Phi) is 4.05. The van der Waals surface area contributed by atoms with Crippen LogP contribution in [0.4, 0.5) is 0 Å². The summed E-state index contributed by atoms with van der Waals surface area (Å²) in [7, 11) is 3.16. The van der Waals surface area contributed by atoms with E-state index < -0.39 is 0 Å². The maximum Gasteiger partial charge on any atom is 0.272 e. The number of allylic oxidation sites excluding steroid dienone is 1. The molecular weight excluding hydrogens is 294 g/mol. The van der Waals surface area contributed by atoms with E-state index in [0.29, 0.717) is 22.5 Å². The van der Waals surface area contributed by atoms with Crippen molar-refractivity contribution in [2.24, 2.45) is 0 Å². The Bertz CT molecular complexity index is 884. The van der Waals surface area contributed by atoms with Crippen molar-refractivity contribution in [2.45, 2.75) is 0 Å². The van der Waals surface area contributed by atoms with E-state index >= 15 is 0 Å². The molecule has 0 aliphatic rings. The van der Waals surface area contributed by atoms with Gasteiger partial charge in [0, 0.05) is 11.6 Å². The minimum atomic E-state index is -0.288. The lowest BCUT2D eigenvalue weighted by Crippen LogP contribution is -2.09. The van der Waals surface area contributed by atoms with Crippen molar-refractivity contribution in [2.75, 3.05) is 14.2 Å². The van der Waals surface area contributed by atoms with Gasteiger partial charge in [0.15, 0.2) is 0 Å². The van der Waals surface area contributed by atoms with Crippen molar-refractivity contribution in [1.29, 1.82) is 0 Å². The van der Waals surface area contributed by atoms with Gasteiger partial charge in [0.1, 0.15) is 17.0 Å². The van der Waals surface area contributed by atoms with E-state index in [9.17, 15) is 4.79 Å². The first-order valence-corrected chi connectivity index (χ1v) is 6.98. The number of carbonyl (C=O) groups is 1. The van der Waals surface area contributed by atoms with Gasteiger partial charge >= 0.3 is 0 Å². The first-order chi connectivity index (χ1) is 11.2. The van der Waals surface area contributed by atoms with Crippen LogP contribution >= 0.6 is 0 Å². The third kappa shape index (κ3) is 2.91. The summed E-state index contributed by atoms with van der Waals surface area (Å²) in [4.78, 5) is 12.3. The molecule has 6 nitrogen and oxygen atoms in total. The average Bonchev–Trinajstić information content (AvgIpc) is 3.03. The highest BCUT2D eigenvalue weighted by atomic mass is 16.5. The number of rotatable bonds is 4. The number of ether oxygens (including phenoxy) is 2. The zero-order chi connectivity index (χ0) is 16.2. The summed E-state index contributed by atoms with van der Waals surface area (Å²) in [5, 5.41) is 7.86. The Morgan fingerprint density at radius 3 is 2.74 bits per heavy atom. The molecular formula is C17H15N3O3. The summed E-state index contributed by atoms with van der Waals surface area (Å²) in [5.41, 5.74) is 2.08. The first kappa shape index (κ1) is 14.8. The predicted molar refractivity (Wildman–Crippen MR) is 86.7 cm³/mol. The molecule has 0 saturated carbocycles. The second-order valence-corrected chi connectivity index (χ2v) is 4.77. The molecule has 0 N–H and O–H groups in total. The van der Waals surface area contributed by atoms with Gasteiger partial charge < -0.3 is 9.47 Å². The summed E-state index contributed by atoms with van der Waals surface area (Å²) < 4.78 is 11.7. The maximum absolute atomic E-state index is 12.3. The quantitative estimate of drug-likeness (QED) is 0.693. The van der Waals surface area contributed by atoms with Gasteiger partial charge in [-0.2, -0.15) is 4.68 Å². The topological polar surface area (TPSA) is 66.2 Å². The fraction of sp³-hybridized carbons (Fsp3) is 0.118. The number of benzene rings is 2. The van der Waals surface area contributed by atoms with Crippen molar-refractivity contribution in [1.82, 2.24) is 15.0 Å². The molecule has 3 rings (SSSR count). The molecule has 0 atom stereocenters. The number of hydrogen-bond donors (Lipinski definition) is 0. The van der Waals surface area contributed by atoms with Crippen LogP contribution in [0.15, 0.2) is 48.5 Å². The zero-order valence-corrected chi connectivity index (χ0v) is 12.8. The van der Waals surface area contributed by atoms with Crippen molar-refractivity contribution in [3.63, 3.8) is 0 Å². The summed E-state index contributed by atoms with van der Waals surface area (Å²) in [6.07, 6.45) is 3.10. The molecule has 0 saturated heterocycles. The smallest absolute Gasteiger partial charge is 0.272 e. The molecule has 0 fully saturated rings. The van der Waals surface area contributed by atoms with Crippen LogP contribution in [-0.2, 0) is 0 Å². The molecule has 0 aliphatic heterocycles. The third-order valence-electron chi connectivity index (χ3n) is 3.40. The molecule has 0 bridgehead atoms. The molecule has 23 heavy (non-hydrogen) atoms. The Hall–Kier alpha value is -3.15. The number of aromatic nitrogens is 3. The van der Waals surface area contributed by atoms with Crippen LogP contribution in [0.25, 0.3) is 17.1 Å². The van der Waals surface area contributed by atoms with E-state index in [0.717, 1.165) is 5.56 Å². The lowest BCUT2D eigenvalue weighted by Gasteiger charge is -2.07. The van der Waals surface area contributed by atoms with Crippen LogP contribution in [0.5, 0.6) is 11.5 Å². The largest absolute Gasteiger partial charge is 0.497 e. The monoisotopic (exact) mass is 309 g/mol. The Morgan fingerprint density at radius 1 is 1.13 bits per heavy atom. The lowest BCUT2D eigenvalue weighted by atomic mass is 10.1. The van der Waals surface area contributed by atoms with Crippen molar-refractivity contribution >= 4 is 23.0 Å². The van der Waals surface area contributed by atoms with Crippen LogP contribution < -0.4 is 9.47 Å². The zero-order valence-electron chi connectivity index (χ0n) is 12.8. The number of carbonyl (C=O) groups excluding carboxylic acids is 1. The van der Waals surface area contributed by atoms with Gasteiger partial charge in [-0.1, -0.05) is 17.3 Å². The minimum Gasteiger partial charge on any atom is -0.497 e. The van der Waals surface area contributed by atoms with E-state index in [1.54, 1.807) is 50.6 Å². The highest BCUT2D eigenvalue weighted by molar-refractivity contribution is 5.98. The maximum atomic E-state index is 12.3. The molecule has 0 aliphatic carbocycles. The van der Waals surface area contributed by atoms with Crippen molar-refractivity contribution in [3.05, 3.63) is 54.1 Å². The van der Waals surface area contributed by atoms with Gasteiger partial charge in [0.05, 0.1) is 19.7 Å². The minimum absolute atomic E-state index is 0.288. The van der Waals surface area contributed by atoms with Gasteiger partial charge in [-0.25, -0.2) is 0 Å². The summed E-state index contributed by atoms with van der Waals surface area (Å²) in [5.74, 6) is 1.05. The molecule has 0 amide bonds. The van der Waals surface area contributed by atoms with E-state index in [2.05, 4.69) is 10.3 Å². The molecule has 0 spiro atoms. The summed E-state index contributed by atoms with van der Waals surface area (Å²) in [6, 6.07) is 12.7. The van der Waals surface area contributed by atoms with Crippen molar-refractivity contribution in [3.8, 4) is 11.5 Å². The number of para-hydroxylation sites is 1. The van der Waals surface area contributed by atoms with Crippen LogP contribution in [-0.4, -0.2) is 35.1 Å². The van der Waals surface area contributed by atoms with Crippen molar-refractivity contribution < 1.29 is 14.3 Å². The highest BCUT2D eigenvalue weighted by Crippen LogP contribution is 2.25. The van der Waals surface area contributed by atoms with Gasteiger partial charge in [-0.15, -0.1) is 5.10 Å². The van der Waals surface area contributed by atoms with E-state index in [1.807, 2.05) is 12.1 Å². The van der Waals surface area contributed by atoms with Gasteiger partial charge in [0.2, 0.25) is 0 Å². The fourth-order valence-electron chi connectivity index (χ4n) is 2.23. The molecule has 116 valence electrons. The van der Waals surface area contributed by atoms with E-state index in [1.165, 1.54) is 10.8 Å². The standard InChI is InChI=1S/C17H15N3O3/c1-22-13-8-9-16(23-2)12(11-13)7-10-17(21)20-15-6-4-3-5-14(15)18-19-20/h3-11H,1-2H3. The highest BCUT2D eigenvalue weighted by Gasteiger charge is 2.09. The van der Waals surface area contributed by atoms with Gasteiger partial charge in [-0.05, 0) is 36.4 Å². The van der Waals surface area contributed by atoms with Gasteiger partial charge in [-0.3, -0.25) is 4.79 Å². The first-order valence-electron chi connectivity index (χ1n) is 6.98. The predicted octanol–water partition coefficient (Wildman–Crippen LogP) is 2.80. The van der Waals surface area contributed by atoms with Crippen LogP contribution in [0.1, 0.15) is 10.4 Å². The number of methoxy groups -OCH3 is 2. The normalized spacial score (nSPS) is 11.0. The Balaban J connectivity index is 1.92. The number of fused-ring (bicyclic) bond motifs is 1. The van der Waals surface area contributed by atoms with Gasteiger partial charge in [0.25, 0.3) is 5.91 Å². The molecule has 0 radical (unpaired) electrons. The molecule has 6 heteroatoms. The Labute approximate surface area is 132 Å². The average molecular weight is 309 g/mol. The number of nitrogens with zero attached hydrogens (tertiary/aromatic N) is 3. The fourth-order valence-corrected chi connectivity index (χ4v) is 2.23. The SMILES string of the molecule is COc1ccc(OC)c(C=CC(=O)n2nnc3ccccc32)c1. The number of hydrogen-bond acceptors (Lipinski definition) is 5.